The van der Waals surface area contributed by atoms with Crippen LogP contribution in [0.1, 0.15) is 23.2 Å². The molecule has 0 spiro atoms. The summed E-state index contributed by atoms with van der Waals surface area (Å²) in [6.07, 6.45) is -2.66. The maximum Gasteiger partial charge on any atom is 0.419 e. The normalized spacial score (nSPS) is 13.8. The number of rotatable bonds is 5. The van der Waals surface area contributed by atoms with Crippen LogP contribution in [0.3, 0.4) is 0 Å². The molecule has 1 aliphatic heterocycles. The highest BCUT2D eigenvalue weighted by Crippen LogP contribution is 2.38. The predicted octanol–water partition coefficient (Wildman–Crippen LogP) is 6.14. The molecule has 0 unspecified atom stereocenters. The molecular weight excluding hydrogens is 398 g/mol. The Balaban J connectivity index is 1.57. The number of aromatic nitrogens is 1. The average Bonchev–Trinajstić information content (AvgIpc) is 3.24. The van der Waals surface area contributed by atoms with Crippen molar-refractivity contribution in [3.8, 4) is 11.5 Å². The summed E-state index contributed by atoms with van der Waals surface area (Å²) in [6, 6.07) is 8.90. The third-order valence-electron chi connectivity index (χ3n) is 4.83. The van der Waals surface area contributed by atoms with Crippen LogP contribution in [-0.2, 0) is 25.7 Å². The van der Waals surface area contributed by atoms with Gasteiger partial charge < -0.3 is 14.0 Å². The zero-order chi connectivity index (χ0) is 19.9. The molecule has 0 atom stereocenters. The molecule has 2 aromatic carbocycles. The highest BCUT2D eigenvalue weighted by molar-refractivity contribution is 6.36. The van der Waals surface area contributed by atoms with E-state index in [0.717, 1.165) is 48.1 Å². The molecular formula is C20H16ClF4NO2. The van der Waals surface area contributed by atoms with Crippen molar-refractivity contribution in [3.63, 3.8) is 0 Å². The fourth-order valence-corrected chi connectivity index (χ4v) is 3.93. The first-order valence-corrected chi connectivity index (χ1v) is 9.08. The summed E-state index contributed by atoms with van der Waals surface area (Å²) in [5, 5.41) is 1.57. The van der Waals surface area contributed by atoms with E-state index in [2.05, 4.69) is 9.30 Å². The molecule has 0 aliphatic carbocycles. The number of ether oxygens (including phenoxy) is 2. The summed E-state index contributed by atoms with van der Waals surface area (Å²) in [4.78, 5) is 0. The van der Waals surface area contributed by atoms with E-state index in [1.807, 2.05) is 6.07 Å². The average molecular weight is 414 g/mol. The number of benzene rings is 2. The molecule has 0 amide bonds. The topological polar surface area (TPSA) is 23.4 Å². The molecule has 4 rings (SSSR count). The van der Waals surface area contributed by atoms with E-state index in [0.29, 0.717) is 16.3 Å². The monoisotopic (exact) mass is 413 g/mol. The number of fused-ring (bicyclic) bond motifs is 3. The first-order chi connectivity index (χ1) is 13.4. The number of nitrogens with zero attached hydrogens (tertiary/aromatic N) is 1. The fourth-order valence-electron chi connectivity index (χ4n) is 3.58. The summed E-state index contributed by atoms with van der Waals surface area (Å²) in [5.41, 5.74) is 1.39. The van der Waals surface area contributed by atoms with Crippen molar-refractivity contribution in [2.75, 3.05) is 6.86 Å². The van der Waals surface area contributed by atoms with E-state index in [9.17, 15) is 17.6 Å². The van der Waals surface area contributed by atoms with Crippen LogP contribution in [-0.4, -0.2) is 11.4 Å². The van der Waals surface area contributed by atoms with Gasteiger partial charge in [-0.15, -0.1) is 0 Å². The third-order valence-corrected chi connectivity index (χ3v) is 5.26. The molecule has 1 aromatic heterocycles. The van der Waals surface area contributed by atoms with Crippen molar-refractivity contribution < 1.29 is 27.0 Å². The van der Waals surface area contributed by atoms with Gasteiger partial charge in [-0.1, -0.05) is 17.7 Å². The lowest BCUT2D eigenvalue weighted by atomic mass is 10.1. The largest absolute Gasteiger partial charge is 0.489 e. The van der Waals surface area contributed by atoms with E-state index in [-0.39, 0.29) is 6.61 Å². The molecule has 148 valence electrons. The zero-order valence-electron chi connectivity index (χ0n) is 14.7. The van der Waals surface area contributed by atoms with Crippen LogP contribution in [0.2, 0.25) is 5.02 Å². The van der Waals surface area contributed by atoms with Crippen molar-refractivity contribution in [2.45, 2.75) is 32.2 Å². The molecule has 0 fully saturated rings. The summed E-state index contributed by atoms with van der Waals surface area (Å²) in [7, 11) is 0. The van der Waals surface area contributed by atoms with Gasteiger partial charge in [-0.3, -0.25) is 0 Å². The third kappa shape index (κ3) is 3.39. The smallest absolute Gasteiger partial charge is 0.419 e. The van der Waals surface area contributed by atoms with E-state index >= 15 is 0 Å². The highest BCUT2D eigenvalue weighted by atomic mass is 35.5. The molecule has 0 saturated carbocycles. The molecule has 0 N–H and O–H groups in total. The summed E-state index contributed by atoms with van der Waals surface area (Å²) < 4.78 is 64.1. The van der Waals surface area contributed by atoms with Crippen LogP contribution in [0.4, 0.5) is 17.6 Å². The molecule has 0 saturated heterocycles. The highest BCUT2D eigenvalue weighted by Gasteiger charge is 2.34. The molecule has 0 radical (unpaired) electrons. The summed E-state index contributed by atoms with van der Waals surface area (Å²) in [6.45, 7) is -0.483. The van der Waals surface area contributed by atoms with Gasteiger partial charge in [-0.2, -0.15) is 13.2 Å². The van der Waals surface area contributed by atoms with E-state index in [1.54, 1.807) is 12.1 Å². The molecule has 0 bridgehead atoms. The number of hydrogen-bond acceptors (Lipinski definition) is 2. The molecule has 8 heteroatoms. The maximum absolute atomic E-state index is 13.2. The summed E-state index contributed by atoms with van der Waals surface area (Å²) >= 11 is 6.46. The molecule has 28 heavy (non-hydrogen) atoms. The van der Waals surface area contributed by atoms with Gasteiger partial charge in [0.15, 0.2) is 0 Å². The molecule has 3 nitrogen and oxygen atoms in total. The van der Waals surface area contributed by atoms with Gasteiger partial charge in [0.2, 0.25) is 6.86 Å². The maximum atomic E-state index is 13.2. The Labute approximate surface area is 163 Å². The fraction of sp³-hybridized carbons (Fsp3) is 0.300. The van der Waals surface area contributed by atoms with Crippen molar-refractivity contribution in [1.82, 2.24) is 4.57 Å². The van der Waals surface area contributed by atoms with Crippen LogP contribution < -0.4 is 9.47 Å². The number of alkyl halides is 4. The van der Waals surface area contributed by atoms with Crippen LogP contribution in [0.15, 0.2) is 36.4 Å². The van der Waals surface area contributed by atoms with E-state index < -0.39 is 24.3 Å². The minimum Gasteiger partial charge on any atom is -0.489 e. The number of aryl methyl sites for hydroxylation is 1. The van der Waals surface area contributed by atoms with E-state index in [4.69, 9.17) is 16.3 Å². The van der Waals surface area contributed by atoms with Crippen molar-refractivity contribution in [1.29, 1.82) is 0 Å². The lowest BCUT2D eigenvalue weighted by Gasteiger charge is -2.14. The first-order valence-electron chi connectivity index (χ1n) is 8.71. The first kappa shape index (κ1) is 18.9. The van der Waals surface area contributed by atoms with Crippen LogP contribution in [0, 0.1) is 0 Å². The van der Waals surface area contributed by atoms with Gasteiger partial charge in [0.25, 0.3) is 0 Å². The van der Waals surface area contributed by atoms with Gasteiger partial charge in [0.05, 0.1) is 16.1 Å². The van der Waals surface area contributed by atoms with Crippen molar-refractivity contribution >= 4 is 22.5 Å². The number of hydrogen-bond donors (Lipinski definition) is 0. The van der Waals surface area contributed by atoms with Crippen LogP contribution in [0.25, 0.3) is 10.9 Å². The van der Waals surface area contributed by atoms with Crippen LogP contribution in [0.5, 0.6) is 11.5 Å². The minimum absolute atomic E-state index is 0.0737. The van der Waals surface area contributed by atoms with Gasteiger partial charge >= 0.3 is 6.18 Å². The Kier molecular flexibility index (Phi) is 4.87. The quantitative estimate of drug-likeness (QED) is 0.469. The Morgan fingerprint density at radius 3 is 2.64 bits per heavy atom. The second-order valence-electron chi connectivity index (χ2n) is 6.57. The van der Waals surface area contributed by atoms with Crippen molar-refractivity contribution in [2.24, 2.45) is 0 Å². The Hall–Kier alpha value is -2.41. The minimum atomic E-state index is -4.65. The van der Waals surface area contributed by atoms with Gasteiger partial charge in [-0.05, 0) is 48.7 Å². The SMILES string of the molecule is FCOc1ccc(COc2ccc3c(c2)c(Cl)c2n3CCC2)cc1C(F)(F)F. The zero-order valence-corrected chi connectivity index (χ0v) is 15.4. The van der Waals surface area contributed by atoms with Crippen LogP contribution >= 0.6 is 11.6 Å². The lowest BCUT2D eigenvalue weighted by Crippen LogP contribution is -2.10. The lowest BCUT2D eigenvalue weighted by molar-refractivity contribution is -0.139. The Morgan fingerprint density at radius 2 is 1.89 bits per heavy atom. The van der Waals surface area contributed by atoms with Gasteiger partial charge in [0.1, 0.15) is 18.1 Å². The Morgan fingerprint density at radius 1 is 1.07 bits per heavy atom. The predicted molar refractivity (Wildman–Crippen MR) is 97.6 cm³/mol. The Bertz CT molecular complexity index is 1030. The second kappa shape index (κ2) is 7.20. The number of halogens is 5. The van der Waals surface area contributed by atoms with Gasteiger partial charge in [-0.25, -0.2) is 4.39 Å². The molecule has 1 aliphatic rings. The van der Waals surface area contributed by atoms with Crippen molar-refractivity contribution in [3.05, 3.63) is 58.2 Å². The van der Waals surface area contributed by atoms with E-state index in [1.165, 1.54) is 6.07 Å². The summed E-state index contributed by atoms with van der Waals surface area (Å²) in [5.74, 6) is -0.0356. The van der Waals surface area contributed by atoms with Gasteiger partial charge in [0, 0.05) is 17.6 Å². The standard InChI is InChI=1S/C20H16ClF4NO2/c21-19-14-9-13(4-5-16(14)26-7-1-2-17(19)26)27-10-12-3-6-18(28-11-22)15(8-12)20(23,24)25/h3-6,8-9H,1-2,7,10-11H2. The molecule has 2 heterocycles. The molecule has 3 aromatic rings. The second-order valence-corrected chi connectivity index (χ2v) is 6.94.